The van der Waals surface area contributed by atoms with Gasteiger partial charge in [0.15, 0.2) is 23.7 Å². The van der Waals surface area contributed by atoms with Crippen molar-refractivity contribution >= 4 is 17.4 Å². The molecule has 144 valence electrons. The molecule has 0 unspecified atom stereocenters. The first-order chi connectivity index (χ1) is 13.6. The number of hydrogen-bond acceptors (Lipinski definition) is 3. The van der Waals surface area contributed by atoms with E-state index in [1.54, 1.807) is 32.4 Å². The van der Waals surface area contributed by atoms with Gasteiger partial charge in [0, 0.05) is 16.1 Å². The molecule has 0 bridgehead atoms. The van der Waals surface area contributed by atoms with Crippen molar-refractivity contribution in [3.8, 4) is 22.8 Å². The van der Waals surface area contributed by atoms with Crippen molar-refractivity contribution in [2.24, 2.45) is 0 Å². The third-order valence-corrected chi connectivity index (χ3v) is 5.41. The molecule has 28 heavy (non-hydrogen) atoms. The minimum absolute atomic E-state index is 0.0360. The Labute approximate surface area is 169 Å². The molecule has 0 spiro atoms. The van der Waals surface area contributed by atoms with E-state index in [4.69, 9.17) is 21.1 Å². The highest BCUT2D eigenvalue weighted by atomic mass is 35.5. The number of ether oxygens (including phenoxy) is 2. The first-order valence-corrected chi connectivity index (χ1v) is 9.61. The average Bonchev–Trinajstić information content (AvgIpc) is 3.32. The number of carbonyl (C=O) groups is 1. The molecule has 0 saturated carbocycles. The minimum atomic E-state index is 0.0360. The van der Waals surface area contributed by atoms with Crippen LogP contribution < -0.4 is 14.0 Å². The summed E-state index contributed by atoms with van der Waals surface area (Å²) in [5, 5.41) is 0.716. The molecule has 6 heteroatoms. The Morgan fingerprint density at radius 3 is 2.57 bits per heavy atom. The summed E-state index contributed by atoms with van der Waals surface area (Å²) < 4.78 is 14.9. The molecule has 0 N–H and O–H groups in total. The number of methoxy groups -OCH3 is 2. The number of halogens is 1. The molecular weight excluding hydrogens is 376 g/mol. The fraction of sp³-hybridized carbons (Fsp3) is 0.273. The van der Waals surface area contributed by atoms with E-state index in [9.17, 15) is 4.79 Å². The number of carbonyl (C=O) groups excluding carboxylic acids is 1. The molecule has 1 aliphatic rings. The Kier molecular flexibility index (Phi) is 5.09. The second-order valence-corrected chi connectivity index (χ2v) is 7.25. The molecule has 2 aromatic carbocycles. The second-order valence-electron chi connectivity index (χ2n) is 6.81. The maximum Gasteiger partial charge on any atom is 0.257 e. The van der Waals surface area contributed by atoms with Gasteiger partial charge < -0.3 is 9.47 Å². The standard InChI is InChI=1S/C22H22ClN2O3/c1-27-20-10-7-16(12-21(20)28-2)19(26)14-24-13-18(25-11-3-4-22(24)25)15-5-8-17(23)9-6-15/h5-10,12-13H,3-4,11,14H2,1-2H3/q+1. The van der Waals surface area contributed by atoms with E-state index in [1.807, 2.05) is 24.3 Å². The summed E-state index contributed by atoms with van der Waals surface area (Å²) in [6.45, 7) is 1.25. The molecule has 4 rings (SSSR count). The van der Waals surface area contributed by atoms with E-state index in [2.05, 4.69) is 15.3 Å². The Morgan fingerprint density at radius 1 is 1.11 bits per heavy atom. The van der Waals surface area contributed by atoms with Gasteiger partial charge in [-0.1, -0.05) is 11.6 Å². The largest absolute Gasteiger partial charge is 0.493 e. The number of imidazole rings is 1. The van der Waals surface area contributed by atoms with Crippen molar-refractivity contribution in [2.45, 2.75) is 25.9 Å². The number of rotatable bonds is 6. The fourth-order valence-electron chi connectivity index (χ4n) is 3.75. The number of aromatic nitrogens is 2. The van der Waals surface area contributed by atoms with Crippen LogP contribution in [-0.4, -0.2) is 24.6 Å². The summed E-state index contributed by atoms with van der Waals surface area (Å²) >= 11 is 6.03. The van der Waals surface area contributed by atoms with Gasteiger partial charge in [-0.15, -0.1) is 0 Å². The Hall–Kier alpha value is -2.79. The lowest BCUT2D eigenvalue weighted by Gasteiger charge is -2.08. The quantitative estimate of drug-likeness (QED) is 0.467. The normalized spacial score (nSPS) is 12.7. The topological polar surface area (TPSA) is 44.3 Å². The molecule has 1 aromatic heterocycles. The summed E-state index contributed by atoms with van der Waals surface area (Å²) in [7, 11) is 3.15. The van der Waals surface area contributed by atoms with Crippen molar-refractivity contribution in [2.75, 3.05) is 14.2 Å². The Morgan fingerprint density at radius 2 is 1.86 bits per heavy atom. The third-order valence-electron chi connectivity index (χ3n) is 5.15. The molecule has 0 amide bonds. The molecule has 0 saturated heterocycles. The second kappa shape index (κ2) is 7.68. The van der Waals surface area contributed by atoms with Crippen LogP contribution in [0.15, 0.2) is 48.7 Å². The van der Waals surface area contributed by atoms with Gasteiger partial charge in [-0.2, -0.15) is 0 Å². The number of Topliss-reactive ketones (excluding diaryl/α,β-unsaturated/α-hetero) is 1. The molecule has 0 radical (unpaired) electrons. The molecule has 2 heterocycles. The summed E-state index contributed by atoms with van der Waals surface area (Å²) in [5.74, 6) is 2.39. The summed E-state index contributed by atoms with van der Waals surface area (Å²) in [6.07, 6.45) is 4.12. The predicted molar refractivity (Wildman–Crippen MR) is 107 cm³/mol. The van der Waals surface area contributed by atoms with Crippen LogP contribution in [0, 0.1) is 0 Å². The monoisotopic (exact) mass is 397 g/mol. The highest BCUT2D eigenvalue weighted by Crippen LogP contribution is 2.28. The smallest absolute Gasteiger partial charge is 0.257 e. The lowest BCUT2D eigenvalue weighted by atomic mass is 10.1. The first kappa shape index (κ1) is 18.6. The zero-order valence-electron chi connectivity index (χ0n) is 15.9. The zero-order chi connectivity index (χ0) is 19.7. The maximum atomic E-state index is 12.9. The fourth-order valence-corrected chi connectivity index (χ4v) is 3.88. The van der Waals surface area contributed by atoms with Gasteiger partial charge in [0.1, 0.15) is 6.20 Å². The molecule has 1 aliphatic heterocycles. The summed E-state index contributed by atoms with van der Waals surface area (Å²) in [4.78, 5) is 12.9. The van der Waals surface area contributed by atoms with Gasteiger partial charge in [-0.25, -0.2) is 9.13 Å². The molecule has 0 aliphatic carbocycles. The van der Waals surface area contributed by atoms with Gasteiger partial charge in [-0.3, -0.25) is 4.79 Å². The van der Waals surface area contributed by atoms with E-state index in [-0.39, 0.29) is 5.78 Å². The first-order valence-electron chi connectivity index (χ1n) is 9.23. The van der Waals surface area contributed by atoms with Crippen LogP contribution in [0.4, 0.5) is 0 Å². The Balaban J connectivity index is 1.64. The third kappa shape index (κ3) is 3.38. The number of nitrogens with zero attached hydrogens (tertiary/aromatic N) is 2. The van der Waals surface area contributed by atoms with Gasteiger partial charge in [-0.05, 0) is 48.9 Å². The van der Waals surface area contributed by atoms with Crippen molar-refractivity contribution in [3.05, 3.63) is 65.1 Å². The average molecular weight is 398 g/mol. The van der Waals surface area contributed by atoms with E-state index in [0.29, 0.717) is 28.6 Å². The highest BCUT2D eigenvalue weighted by molar-refractivity contribution is 6.30. The molecule has 0 fully saturated rings. The predicted octanol–water partition coefficient (Wildman–Crippen LogP) is 3.94. The number of benzene rings is 2. The molecule has 0 atom stereocenters. The van der Waals surface area contributed by atoms with Gasteiger partial charge in [0.2, 0.25) is 5.78 Å². The van der Waals surface area contributed by atoms with Crippen LogP contribution in [0.5, 0.6) is 11.5 Å². The van der Waals surface area contributed by atoms with Crippen LogP contribution >= 0.6 is 11.6 Å². The van der Waals surface area contributed by atoms with Gasteiger partial charge in [0.05, 0.1) is 27.2 Å². The van der Waals surface area contributed by atoms with Crippen molar-refractivity contribution in [1.29, 1.82) is 0 Å². The van der Waals surface area contributed by atoms with Crippen LogP contribution in [0.25, 0.3) is 11.3 Å². The van der Waals surface area contributed by atoms with E-state index in [1.165, 1.54) is 5.82 Å². The van der Waals surface area contributed by atoms with Crippen LogP contribution in [0.2, 0.25) is 5.02 Å². The molecular formula is C22H22ClN2O3+. The minimum Gasteiger partial charge on any atom is -0.493 e. The Bertz CT molecular complexity index is 1030. The van der Waals surface area contributed by atoms with Gasteiger partial charge >= 0.3 is 0 Å². The lowest BCUT2D eigenvalue weighted by Crippen LogP contribution is -2.40. The van der Waals surface area contributed by atoms with Crippen LogP contribution in [-0.2, 0) is 19.5 Å². The number of fused-ring (bicyclic) bond motifs is 1. The maximum absolute atomic E-state index is 12.9. The van der Waals surface area contributed by atoms with Crippen molar-refractivity contribution in [1.82, 2.24) is 4.57 Å². The van der Waals surface area contributed by atoms with Crippen molar-refractivity contribution in [3.63, 3.8) is 0 Å². The lowest BCUT2D eigenvalue weighted by molar-refractivity contribution is -0.689. The van der Waals surface area contributed by atoms with E-state index in [0.717, 1.165) is 30.6 Å². The van der Waals surface area contributed by atoms with E-state index < -0.39 is 0 Å². The van der Waals surface area contributed by atoms with Gasteiger partial charge in [0.25, 0.3) is 5.82 Å². The highest BCUT2D eigenvalue weighted by Gasteiger charge is 2.29. The van der Waals surface area contributed by atoms with Crippen molar-refractivity contribution < 1.29 is 18.8 Å². The molecule has 3 aromatic rings. The van der Waals surface area contributed by atoms with Crippen LogP contribution in [0.3, 0.4) is 0 Å². The number of hydrogen-bond donors (Lipinski definition) is 0. The SMILES string of the molecule is COc1ccc(C(=O)C[n+]2cc(-c3ccc(Cl)cc3)n3c2CCC3)cc1OC. The summed E-state index contributed by atoms with van der Waals surface area (Å²) in [5.41, 5.74) is 2.82. The zero-order valence-corrected chi connectivity index (χ0v) is 16.7. The molecule has 5 nitrogen and oxygen atoms in total. The summed E-state index contributed by atoms with van der Waals surface area (Å²) in [6, 6.07) is 13.1. The van der Waals surface area contributed by atoms with Crippen LogP contribution in [0.1, 0.15) is 22.6 Å². The van der Waals surface area contributed by atoms with E-state index >= 15 is 0 Å². The number of ketones is 1.